The highest BCUT2D eigenvalue weighted by molar-refractivity contribution is 5.76. The second-order valence-corrected chi connectivity index (χ2v) is 5.06. The van der Waals surface area contributed by atoms with E-state index in [1.165, 1.54) is 4.90 Å². The Bertz CT molecular complexity index is 535. The van der Waals surface area contributed by atoms with Gasteiger partial charge in [0.05, 0.1) is 0 Å². The lowest BCUT2D eigenvalue weighted by Gasteiger charge is -2.27. The Morgan fingerprint density at radius 1 is 1.24 bits per heavy atom. The van der Waals surface area contributed by atoms with Crippen LogP contribution in [0.3, 0.4) is 0 Å². The quantitative estimate of drug-likeness (QED) is 0.689. The Labute approximate surface area is 121 Å². The molecule has 0 spiro atoms. The number of nitrogen functional groups attached to an aromatic ring is 1. The first-order valence-electron chi connectivity index (χ1n) is 6.74. The molecule has 0 aromatic heterocycles. The van der Waals surface area contributed by atoms with Gasteiger partial charge in [-0.2, -0.15) is 13.2 Å². The van der Waals surface area contributed by atoms with Crippen LogP contribution in [-0.4, -0.2) is 30.1 Å². The zero-order valence-corrected chi connectivity index (χ0v) is 11.5. The van der Waals surface area contributed by atoms with Gasteiger partial charge in [0.25, 0.3) is 0 Å². The third-order valence-corrected chi connectivity index (χ3v) is 3.53. The molecular formula is C15H17F3N2O. The summed E-state index contributed by atoms with van der Waals surface area (Å²) < 4.78 is 37.5. The van der Waals surface area contributed by atoms with E-state index in [-0.39, 0.29) is 25.4 Å². The maximum atomic E-state index is 12.5. The van der Waals surface area contributed by atoms with E-state index >= 15 is 0 Å². The predicted octanol–water partition coefficient (Wildman–Crippen LogP) is 2.92. The molecule has 1 aliphatic heterocycles. The number of aryl methyl sites for hydroxylation is 1. The molecule has 0 saturated carbocycles. The van der Waals surface area contributed by atoms with Crippen LogP contribution in [0.15, 0.2) is 35.9 Å². The van der Waals surface area contributed by atoms with Crippen LogP contribution in [-0.2, 0) is 11.2 Å². The maximum Gasteiger partial charge on any atom is 0.412 e. The summed E-state index contributed by atoms with van der Waals surface area (Å²) in [5.41, 5.74) is 6.68. The normalized spacial score (nSPS) is 15.8. The monoisotopic (exact) mass is 298 g/mol. The standard InChI is InChI=1S/C15H17F3N2O/c16-15(17,18)12-7-9-20(10-8-12)14(21)6-3-11-1-4-13(19)5-2-11/h1-2,4-5,7H,3,6,8-10,19H2. The number of amides is 1. The van der Waals surface area contributed by atoms with Crippen LogP contribution in [0.2, 0.25) is 0 Å². The number of rotatable bonds is 3. The summed E-state index contributed by atoms with van der Waals surface area (Å²) in [6, 6.07) is 7.22. The Hall–Kier alpha value is -1.98. The fourth-order valence-electron chi connectivity index (χ4n) is 2.25. The lowest BCUT2D eigenvalue weighted by molar-refractivity contribution is -0.132. The van der Waals surface area contributed by atoms with Crippen LogP contribution in [0.4, 0.5) is 18.9 Å². The maximum absolute atomic E-state index is 12.5. The molecule has 1 aliphatic rings. The van der Waals surface area contributed by atoms with Crippen molar-refractivity contribution in [2.24, 2.45) is 0 Å². The number of hydrogen-bond acceptors (Lipinski definition) is 2. The number of hydrogen-bond donors (Lipinski definition) is 1. The van der Waals surface area contributed by atoms with Crippen molar-refractivity contribution in [1.82, 2.24) is 4.90 Å². The Kier molecular flexibility index (Phi) is 4.55. The molecule has 0 bridgehead atoms. The number of nitrogens with zero attached hydrogens (tertiary/aromatic N) is 1. The number of benzene rings is 1. The summed E-state index contributed by atoms with van der Waals surface area (Å²) >= 11 is 0. The van der Waals surface area contributed by atoms with Gasteiger partial charge in [-0.3, -0.25) is 4.79 Å². The first-order chi connectivity index (χ1) is 9.86. The number of carbonyl (C=O) groups excluding carboxylic acids is 1. The van der Waals surface area contributed by atoms with Crippen molar-refractivity contribution < 1.29 is 18.0 Å². The van der Waals surface area contributed by atoms with E-state index in [2.05, 4.69) is 0 Å². The number of anilines is 1. The molecule has 1 heterocycles. The van der Waals surface area contributed by atoms with Crippen molar-refractivity contribution in [3.8, 4) is 0 Å². The minimum atomic E-state index is -4.28. The SMILES string of the molecule is Nc1ccc(CCC(=O)N2CC=C(C(F)(F)F)CC2)cc1. The van der Waals surface area contributed by atoms with Gasteiger partial charge in [0, 0.05) is 30.8 Å². The summed E-state index contributed by atoms with van der Waals surface area (Å²) in [5.74, 6) is -0.121. The van der Waals surface area contributed by atoms with Crippen molar-refractivity contribution in [2.45, 2.75) is 25.4 Å². The first-order valence-corrected chi connectivity index (χ1v) is 6.74. The minimum Gasteiger partial charge on any atom is -0.399 e. The molecule has 3 nitrogen and oxygen atoms in total. The molecule has 0 aliphatic carbocycles. The lowest BCUT2D eigenvalue weighted by atomic mass is 10.1. The first kappa shape index (κ1) is 15.4. The van der Waals surface area contributed by atoms with E-state index in [1.807, 2.05) is 12.1 Å². The Balaban J connectivity index is 1.85. The highest BCUT2D eigenvalue weighted by Crippen LogP contribution is 2.30. The smallest absolute Gasteiger partial charge is 0.399 e. The molecule has 6 heteroatoms. The second-order valence-electron chi connectivity index (χ2n) is 5.06. The average molecular weight is 298 g/mol. The fraction of sp³-hybridized carbons (Fsp3) is 0.400. The lowest BCUT2D eigenvalue weighted by Crippen LogP contribution is -2.36. The van der Waals surface area contributed by atoms with Crippen LogP contribution >= 0.6 is 0 Å². The number of halogens is 3. The van der Waals surface area contributed by atoms with E-state index in [4.69, 9.17) is 5.73 Å². The fourth-order valence-corrected chi connectivity index (χ4v) is 2.25. The molecule has 0 fully saturated rings. The van der Waals surface area contributed by atoms with Crippen molar-refractivity contribution in [3.05, 3.63) is 41.5 Å². The van der Waals surface area contributed by atoms with Crippen LogP contribution in [0.25, 0.3) is 0 Å². The average Bonchev–Trinajstić information content (AvgIpc) is 2.45. The summed E-state index contributed by atoms with van der Waals surface area (Å²) in [7, 11) is 0. The van der Waals surface area contributed by atoms with Gasteiger partial charge in [-0.25, -0.2) is 0 Å². The van der Waals surface area contributed by atoms with Crippen molar-refractivity contribution in [2.75, 3.05) is 18.8 Å². The predicted molar refractivity (Wildman–Crippen MR) is 74.5 cm³/mol. The minimum absolute atomic E-state index is 0.0371. The molecule has 2 N–H and O–H groups in total. The summed E-state index contributed by atoms with van der Waals surface area (Å²) in [6.07, 6.45) is -2.45. The number of carbonyl (C=O) groups is 1. The molecule has 1 amide bonds. The van der Waals surface area contributed by atoms with Crippen LogP contribution < -0.4 is 5.73 Å². The molecule has 114 valence electrons. The van der Waals surface area contributed by atoms with Gasteiger partial charge >= 0.3 is 6.18 Å². The van der Waals surface area contributed by atoms with Crippen molar-refractivity contribution in [3.63, 3.8) is 0 Å². The van der Waals surface area contributed by atoms with Gasteiger partial charge in [0.15, 0.2) is 0 Å². The Morgan fingerprint density at radius 2 is 1.90 bits per heavy atom. The van der Waals surface area contributed by atoms with Crippen LogP contribution in [0.1, 0.15) is 18.4 Å². The molecule has 2 rings (SSSR count). The molecule has 1 aromatic rings. The second kappa shape index (κ2) is 6.20. The molecule has 21 heavy (non-hydrogen) atoms. The van der Waals surface area contributed by atoms with Gasteiger partial charge in [0.1, 0.15) is 0 Å². The highest BCUT2D eigenvalue weighted by atomic mass is 19.4. The Morgan fingerprint density at radius 3 is 2.43 bits per heavy atom. The van der Waals surface area contributed by atoms with E-state index in [0.717, 1.165) is 11.6 Å². The van der Waals surface area contributed by atoms with Crippen LogP contribution in [0, 0.1) is 0 Å². The van der Waals surface area contributed by atoms with Crippen molar-refractivity contribution >= 4 is 11.6 Å². The molecule has 0 saturated heterocycles. The van der Waals surface area contributed by atoms with Gasteiger partial charge in [-0.05, 0) is 30.5 Å². The molecule has 0 radical (unpaired) electrons. The van der Waals surface area contributed by atoms with Crippen LogP contribution in [0.5, 0.6) is 0 Å². The van der Waals surface area contributed by atoms with E-state index < -0.39 is 11.7 Å². The molecule has 1 aromatic carbocycles. The third-order valence-electron chi connectivity index (χ3n) is 3.53. The van der Waals surface area contributed by atoms with Gasteiger partial charge in [-0.15, -0.1) is 0 Å². The zero-order chi connectivity index (χ0) is 15.5. The van der Waals surface area contributed by atoms with E-state index in [9.17, 15) is 18.0 Å². The van der Waals surface area contributed by atoms with E-state index in [1.54, 1.807) is 12.1 Å². The largest absolute Gasteiger partial charge is 0.412 e. The molecular weight excluding hydrogens is 281 g/mol. The van der Waals surface area contributed by atoms with Gasteiger partial charge in [-0.1, -0.05) is 18.2 Å². The van der Waals surface area contributed by atoms with Crippen molar-refractivity contribution in [1.29, 1.82) is 0 Å². The summed E-state index contributed by atoms with van der Waals surface area (Å²) in [5, 5.41) is 0. The van der Waals surface area contributed by atoms with Gasteiger partial charge in [0.2, 0.25) is 5.91 Å². The third kappa shape index (κ3) is 4.24. The molecule has 0 unspecified atom stereocenters. The highest BCUT2D eigenvalue weighted by Gasteiger charge is 2.35. The zero-order valence-electron chi connectivity index (χ0n) is 11.5. The number of alkyl halides is 3. The topological polar surface area (TPSA) is 46.3 Å². The number of nitrogens with two attached hydrogens (primary N) is 1. The molecule has 0 atom stereocenters. The summed E-state index contributed by atoms with van der Waals surface area (Å²) in [4.78, 5) is 13.5. The van der Waals surface area contributed by atoms with E-state index in [0.29, 0.717) is 18.5 Å². The summed E-state index contributed by atoms with van der Waals surface area (Å²) in [6.45, 7) is 0.168. The van der Waals surface area contributed by atoms with Gasteiger partial charge < -0.3 is 10.6 Å².